The average Bonchev–Trinajstić information content (AvgIpc) is 3.18. The maximum Gasteiger partial charge on any atom is 0.335 e. The lowest BCUT2D eigenvalue weighted by molar-refractivity contribution is -0.113. The van der Waals surface area contributed by atoms with E-state index in [-0.39, 0.29) is 34.7 Å². The number of carbonyl (C=O) groups is 3. The van der Waals surface area contributed by atoms with E-state index in [0.29, 0.717) is 33.8 Å². The zero-order valence-electron chi connectivity index (χ0n) is 17.3. The highest BCUT2D eigenvalue weighted by Gasteiger charge is 2.16. The Morgan fingerprint density at radius 1 is 1.12 bits per heavy atom. The van der Waals surface area contributed by atoms with E-state index >= 15 is 0 Å². The van der Waals surface area contributed by atoms with Gasteiger partial charge < -0.3 is 20.3 Å². The molecule has 0 aliphatic rings. The second-order valence-electron chi connectivity index (χ2n) is 6.67. The molecule has 2 amide bonds. The van der Waals surface area contributed by atoms with Crippen LogP contribution in [0.2, 0.25) is 10.0 Å². The van der Waals surface area contributed by atoms with Crippen LogP contribution in [0, 0.1) is 0 Å². The number of amides is 2. The maximum atomic E-state index is 12.4. The van der Waals surface area contributed by atoms with Crippen molar-refractivity contribution in [3.63, 3.8) is 0 Å². The third-order valence-electron chi connectivity index (χ3n) is 4.42. The second kappa shape index (κ2) is 11.2. The highest BCUT2D eigenvalue weighted by Crippen LogP contribution is 2.21. The van der Waals surface area contributed by atoms with Gasteiger partial charge in [-0.2, -0.15) is 0 Å². The SMILES string of the molecule is CCn1c(CNC(=O)c2ccc(Cl)cc2Cl)nnc1SCC(=O)Nc1cccc(C(=O)O)c1. The number of anilines is 1. The van der Waals surface area contributed by atoms with Crippen molar-refractivity contribution in [1.82, 2.24) is 20.1 Å². The largest absolute Gasteiger partial charge is 0.478 e. The lowest BCUT2D eigenvalue weighted by Crippen LogP contribution is -2.25. The number of thioether (sulfide) groups is 1. The molecule has 0 atom stereocenters. The minimum atomic E-state index is -1.07. The number of carboxylic acids is 1. The fourth-order valence-corrected chi connectivity index (χ4v) is 4.18. The maximum absolute atomic E-state index is 12.4. The van der Waals surface area contributed by atoms with Gasteiger partial charge in [-0.05, 0) is 43.3 Å². The van der Waals surface area contributed by atoms with Crippen molar-refractivity contribution in [2.75, 3.05) is 11.1 Å². The Balaban J connectivity index is 1.58. The molecule has 0 aliphatic heterocycles. The summed E-state index contributed by atoms with van der Waals surface area (Å²) in [5.41, 5.74) is 0.765. The standard InChI is InChI=1S/C21H19Cl2N5O4S/c1-2-28-17(10-24-19(30)15-7-6-13(22)9-16(15)23)26-27-21(28)33-11-18(29)25-14-5-3-4-12(8-14)20(31)32/h3-9H,2,10-11H2,1H3,(H,24,30)(H,25,29)(H,31,32). The van der Waals surface area contributed by atoms with E-state index < -0.39 is 5.97 Å². The van der Waals surface area contributed by atoms with Gasteiger partial charge in [0.15, 0.2) is 11.0 Å². The van der Waals surface area contributed by atoms with Crippen LogP contribution in [0.3, 0.4) is 0 Å². The molecule has 3 aromatic rings. The molecule has 0 unspecified atom stereocenters. The molecule has 9 nitrogen and oxygen atoms in total. The van der Waals surface area contributed by atoms with Crippen LogP contribution in [0.1, 0.15) is 33.5 Å². The number of carboxylic acid groups (broad SMARTS) is 1. The van der Waals surface area contributed by atoms with Crippen LogP contribution >= 0.6 is 35.0 Å². The topological polar surface area (TPSA) is 126 Å². The predicted octanol–water partition coefficient (Wildman–Crippen LogP) is 3.96. The molecule has 33 heavy (non-hydrogen) atoms. The van der Waals surface area contributed by atoms with E-state index in [1.807, 2.05) is 6.92 Å². The molecular weight excluding hydrogens is 489 g/mol. The molecule has 0 aliphatic carbocycles. The molecule has 0 spiro atoms. The molecule has 0 saturated heterocycles. The number of benzene rings is 2. The van der Waals surface area contributed by atoms with Crippen LogP contribution in [-0.2, 0) is 17.9 Å². The van der Waals surface area contributed by atoms with Crippen molar-refractivity contribution < 1.29 is 19.5 Å². The second-order valence-corrected chi connectivity index (χ2v) is 8.46. The molecule has 3 rings (SSSR count). The number of rotatable bonds is 9. The average molecular weight is 508 g/mol. The van der Waals surface area contributed by atoms with Crippen LogP contribution in [0.15, 0.2) is 47.6 Å². The van der Waals surface area contributed by atoms with Gasteiger partial charge in [-0.3, -0.25) is 9.59 Å². The van der Waals surface area contributed by atoms with Gasteiger partial charge in [0.2, 0.25) is 5.91 Å². The molecule has 2 aromatic carbocycles. The smallest absolute Gasteiger partial charge is 0.335 e. The van der Waals surface area contributed by atoms with Crippen LogP contribution < -0.4 is 10.6 Å². The Morgan fingerprint density at radius 3 is 2.61 bits per heavy atom. The van der Waals surface area contributed by atoms with E-state index in [1.54, 1.807) is 22.8 Å². The highest BCUT2D eigenvalue weighted by molar-refractivity contribution is 7.99. The van der Waals surface area contributed by atoms with Crippen molar-refractivity contribution in [2.24, 2.45) is 0 Å². The summed E-state index contributed by atoms with van der Waals surface area (Å²) in [6.07, 6.45) is 0. The number of aromatic nitrogens is 3. The molecular formula is C21H19Cl2N5O4S. The Labute approximate surface area is 203 Å². The van der Waals surface area contributed by atoms with Crippen molar-refractivity contribution in [1.29, 1.82) is 0 Å². The number of hydrogen-bond acceptors (Lipinski definition) is 6. The van der Waals surface area contributed by atoms with E-state index in [4.69, 9.17) is 28.3 Å². The molecule has 1 aromatic heterocycles. The van der Waals surface area contributed by atoms with Gasteiger partial charge in [0.05, 0.1) is 28.4 Å². The molecule has 0 saturated carbocycles. The Hall–Kier alpha value is -3.08. The van der Waals surface area contributed by atoms with Gasteiger partial charge in [0.25, 0.3) is 5.91 Å². The number of nitrogens with one attached hydrogen (secondary N) is 2. The zero-order valence-corrected chi connectivity index (χ0v) is 19.7. The fourth-order valence-electron chi connectivity index (χ4n) is 2.86. The summed E-state index contributed by atoms with van der Waals surface area (Å²) in [6, 6.07) is 10.6. The number of halogens is 2. The van der Waals surface area contributed by atoms with E-state index in [9.17, 15) is 14.4 Å². The quantitative estimate of drug-likeness (QED) is 0.374. The molecule has 172 valence electrons. The normalized spacial score (nSPS) is 10.6. The summed E-state index contributed by atoms with van der Waals surface area (Å²) in [4.78, 5) is 35.8. The van der Waals surface area contributed by atoms with Crippen molar-refractivity contribution in [3.8, 4) is 0 Å². The number of aromatic carboxylic acids is 1. The lowest BCUT2D eigenvalue weighted by atomic mass is 10.2. The van der Waals surface area contributed by atoms with Gasteiger partial charge in [0, 0.05) is 17.3 Å². The Morgan fingerprint density at radius 2 is 1.91 bits per heavy atom. The van der Waals surface area contributed by atoms with E-state index in [1.165, 1.54) is 36.0 Å². The minimum Gasteiger partial charge on any atom is -0.478 e. The van der Waals surface area contributed by atoms with Crippen molar-refractivity contribution >= 4 is 58.4 Å². The number of nitrogens with zero attached hydrogens (tertiary/aromatic N) is 3. The predicted molar refractivity (Wildman–Crippen MR) is 126 cm³/mol. The summed E-state index contributed by atoms with van der Waals surface area (Å²) in [5, 5.41) is 23.9. The highest BCUT2D eigenvalue weighted by atomic mass is 35.5. The van der Waals surface area contributed by atoms with Gasteiger partial charge >= 0.3 is 5.97 Å². The van der Waals surface area contributed by atoms with Crippen LogP contribution in [0.25, 0.3) is 0 Å². The van der Waals surface area contributed by atoms with Gasteiger partial charge in [-0.1, -0.05) is 41.0 Å². The number of carbonyl (C=O) groups excluding carboxylic acids is 2. The van der Waals surface area contributed by atoms with Gasteiger partial charge in [0.1, 0.15) is 0 Å². The Bertz CT molecular complexity index is 1200. The fraction of sp³-hybridized carbons (Fsp3) is 0.190. The summed E-state index contributed by atoms with van der Waals surface area (Å²) >= 11 is 13.1. The van der Waals surface area contributed by atoms with Crippen LogP contribution in [-0.4, -0.2) is 43.4 Å². The first-order chi connectivity index (χ1) is 15.8. The molecule has 1 heterocycles. The van der Waals surface area contributed by atoms with Crippen molar-refractivity contribution in [2.45, 2.75) is 25.2 Å². The number of hydrogen-bond donors (Lipinski definition) is 3. The van der Waals surface area contributed by atoms with Crippen LogP contribution in [0.5, 0.6) is 0 Å². The molecule has 12 heteroatoms. The zero-order chi connectivity index (χ0) is 24.0. The molecule has 0 radical (unpaired) electrons. The van der Waals surface area contributed by atoms with Gasteiger partial charge in [-0.25, -0.2) is 4.79 Å². The lowest BCUT2D eigenvalue weighted by Gasteiger charge is -2.09. The minimum absolute atomic E-state index is 0.0438. The molecule has 0 fully saturated rings. The third kappa shape index (κ3) is 6.47. The summed E-state index contributed by atoms with van der Waals surface area (Å²) in [6.45, 7) is 2.55. The molecule has 3 N–H and O–H groups in total. The van der Waals surface area contributed by atoms with E-state index in [2.05, 4.69) is 20.8 Å². The van der Waals surface area contributed by atoms with Crippen molar-refractivity contribution in [3.05, 3.63) is 69.5 Å². The van der Waals surface area contributed by atoms with Crippen LogP contribution in [0.4, 0.5) is 5.69 Å². The first-order valence-electron chi connectivity index (χ1n) is 9.69. The third-order valence-corrected chi connectivity index (χ3v) is 5.93. The summed E-state index contributed by atoms with van der Waals surface area (Å²) in [5.74, 6) is -1.20. The monoisotopic (exact) mass is 507 g/mol. The summed E-state index contributed by atoms with van der Waals surface area (Å²) < 4.78 is 1.78. The summed E-state index contributed by atoms with van der Waals surface area (Å²) in [7, 11) is 0. The van der Waals surface area contributed by atoms with Gasteiger partial charge in [-0.15, -0.1) is 10.2 Å². The Kier molecular flexibility index (Phi) is 8.32. The first-order valence-corrected chi connectivity index (χ1v) is 11.4. The van der Waals surface area contributed by atoms with E-state index in [0.717, 1.165) is 0 Å². The molecule has 0 bridgehead atoms. The first kappa shape index (κ1) is 24.6.